The minimum atomic E-state index is 0.0480. The molecule has 2 nitrogen and oxygen atoms in total. The summed E-state index contributed by atoms with van der Waals surface area (Å²) in [6, 6.07) is 8.28. The lowest BCUT2D eigenvalue weighted by Gasteiger charge is -2.08. The maximum absolute atomic E-state index is 6.08. The van der Waals surface area contributed by atoms with Crippen molar-refractivity contribution >= 4 is 27.3 Å². The molecule has 1 heterocycles. The second kappa shape index (κ2) is 4.88. The van der Waals surface area contributed by atoms with E-state index in [2.05, 4.69) is 33.0 Å². The Bertz CT molecular complexity index is 428. The average molecular weight is 283 g/mol. The van der Waals surface area contributed by atoms with Crippen molar-refractivity contribution in [1.82, 2.24) is 4.98 Å². The highest BCUT2D eigenvalue weighted by molar-refractivity contribution is 9.10. The van der Waals surface area contributed by atoms with Gasteiger partial charge >= 0.3 is 0 Å². The Morgan fingerprint density at radius 2 is 2.33 bits per heavy atom. The van der Waals surface area contributed by atoms with Crippen molar-refractivity contribution in [2.24, 2.45) is 5.73 Å². The Hall–Kier alpha value is -0.710. The Labute approximate surface area is 101 Å². The second-order valence-corrected chi connectivity index (χ2v) is 5.18. The van der Waals surface area contributed by atoms with Crippen molar-refractivity contribution < 1.29 is 0 Å². The lowest BCUT2D eigenvalue weighted by atomic mass is 10.1. The molecule has 0 bridgehead atoms. The molecule has 0 spiro atoms. The van der Waals surface area contributed by atoms with Crippen LogP contribution in [0.5, 0.6) is 0 Å². The summed E-state index contributed by atoms with van der Waals surface area (Å²) in [5.41, 5.74) is 9.13. The summed E-state index contributed by atoms with van der Waals surface area (Å²) in [4.78, 5) is 5.17. The number of halogens is 1. The first-order chi connectivity index (χ1) is 7.25. The summed E-state index contributed by atoms with van der Waals surface area (Å²) in [5, 5.41) is 0. The molecule has 2 rings (SSSR count). The van der Waals surface area contributed by atoms with E-state index >= 15 is 0 Å². The summed E-state index contributed by atoms with van der Waals surface area (Å²) in [6.45, 7) is 0. The van der Waals surface area contributed by atoms with E-state index in [0.29, 0.717) is 0 Å². The molecule has 0 aliphatic carbocycles. The van der Waals surface area contributed by atoms with Gasteiger partial charge in [-0.05, 0) is 24.1 Å². The van der Waals surface area contributed by atoms with Crippen molar-refractivity contribution in [3.63, 3.8) is 0 Å². The average Bonchev–Trinajstić information content (AvgIpc) is 2.70. The first kappa shape index (κ1) is 10.8. The van der Waals surface area contributed by atoms with Gasteiger partial charge in [0, 0.05) is 21.6 Å². The van der Waals surface area contributed by atoms with Crippen molar-refractivity contribution in [1.29, 1.82) is 0 Å². The summed E-state index contributed by atoms with van der Waals surface area (Å²) in [6.07, 6.45) is 2.69. The van der Waals surface area contributed by atoms with Gasteiger partial charge in [0.05, 0.1) is 5.51 Å². The topological polar surface area (TPSA) is 38.9 Å². The maximum Gasteiger partial charge on any atom is 0.0794 e. The van der Waals surface area contributed by atoms with Gasteiger partial charge in [-0.15, -0.1) is 11.3 Å². The number of hydrogen-bond donors (Lipinski definition) is 1. The molecule has 1 atom stereocenters. The van der Waals surface area contributed by atoms with Gasteiger partial charge in [-0.3, -0.25) is 4.98 Å². The van der Waals surface area contributed by atoms with Gasteiger partial charge in [-0.25, -0.2) is 0 Å². The molecule has 0 aliphatic rings. The lowest BCUT2D eigenvalue weighted by Crippen LogP contribution is -2.11. The van der Waals surface area contributed by atoms with E-state index in [1.165, 1.54) is 5.56 Å². The number of nitrogens with two attached hydrogens (primary N) is 1. The zero-order valence-corrected chi connectivity index (χ0v) is 10.5. The highest BCUT2D eigenvalue weighted by Gasteiger charge is 2.08. The SMILES string of the molecule is NC(Cc1cccc(Br)c1)c1cncs1. The number of nitrogens with zero attached hydrogens (tertiary/aromatic N) is 1. The number of hydrogen-bond acceptors (Lipinski definition) is 3. The number of aromatic nitrogens is 1. The highest BCUT2D eigenvalue weighted by atomic mass is 79.9. The fourth-order valence-corrected chi connectivity index (χ4v) is 2.50. The molecule has 0 fully saturated rings. The van der Waals surface area contributed by atoms with Crippen molar-refractivity contribution in [3.8, 4) is 0 Å². The van der Waals surface area contributed by atoms with E-state index in [4.69, 9.17) is 5.73 Å². The molecule has 4 heteroatoms. The van der Waals surface area contributed by atoms with Crippen molar-refractivity contribution in [2.75, 3.05) is 0 Å². The molecule has 15 heavy (non-hydrogen) atoms. The van der Waals surface area contributed by atoms with Crippen LogP contribution in [0.3, 0.4) is 0 Å². The standard InChI is InChI=1S/C11H11BrN2S/c12-9-3-1-2-8(4-9)5-10(13)11-6-14-7-15-11/h1-4,6-7,10H,5,13H2. The van der Waals surface area contributed by atoms with Crippen LogP contribution in [0.2, 0.25) is 0 Å². The van der Waals surface area contributed by atoms with Crippen LogP contribution in [0.15, 0.2) is 40.4 Å². The summed E-state index contributed by atoms with van der Waals surface area (Å²) in [7, 11) is 0. The molecule has 0 saturated heterocycles. The third kappa shape index (κ3) is 2.87. The molecule has 1 aromatic heterocycles. The van der Waals surface area contributed by atoms with Crippen LogP contribution in [-0.2, 0) is 6.42 Å². The van der Waals surface area contributed by atoms with Crippen LogP contribution >= 0.6 is 27.3 Å². The zero-order valence-electron chi connectivity index (χ0n) is 8.06. The van der Waals surface area contributed by atoms with Crippen LogP contribution in [0.4, 0.5) is 0 Å². The predicted octanol–water partition coefficient (Wildman–Crippen LogP) is 3.15. The number of benzene rings is 1. The molecule has 0 radical (unpaired) electrons. The molecule has 78 valence electrons. The van der Waals surface area contributed by atoms with Gasteiger partial charge in [-0.2, -0.15) is 0 Å². The fourth-order valence-electron chi connectivity index (χ4n) is 1.43. The summed E-state index contributed by atoms with van der Waals surface area (Å²) in [5.74, 6) is 0. The second-order valence-electron chi connectivity index (χ2n) is 3.34. The van der Waals surface area contributed by atoms with Gasteiger partial charge in [0.1, 0.15) is 0 Å². The maximum atomic E-state index is 6.08. The molecule has 1 aromatic carbocycles. The van der Waals surface area contributed by atoms with Crippen LogP contribution in [-0.4, -0.2) is 4.98 Å². The number of thiazole rings is 1. The van der Waals surface area contributed by atoms with E-state index in [0.717, 1.165) is 15.8 Å². The molecule has 1 unspecified atom stereocenters. The van der Waals surface area contributed by atoms with Crippen LogP contribution in [0.1, 0.15) is 16.5 Å². The molecule has 2 N–H and O–H groups in total. The Morgan fingerprint density at radius 3 is 3.00 bits per heavy atom. The van der Waals surface area contributed by atoms with E-state index < -0.39 is 0 Å². The Morgan fingerprint density at radius 1 is 1.47 bits per heavy atom. The first-order valence-electron chi connectivity index (χ1n) is 4.64. The third-order valence-corrected chi connectivity index (χ3v) is 3.56. The number of rotatable bonds is 3. The molecular weight excluding hydrogens is 272 g/mol. The van der Waals surface area contributed by atoms with Gasteiger partial charge < -0.3 is 5.73 Å². The monoisotopic (exact) mass is 282 g/mol. The fraction of sp³-hybridized carbons (Fsp3) is 0.182. The van der Waals surface area contributed by atoms with E-state index in [1.807, 2.05) is 23.8 Å². The normalized spacial score (nSPS) is 12.7. The molecule has 2 aromatic rings. The molecule has 0 aliphatic heterocycles. The van der Waals surface area contributed by atoms with Gasteiger partial charge in [0.15, 0.2) is 0 Å². The van der Waals surface area contributed by atoms with Gasteiger partial charge in [0.2, 0.25) is 0 Å². The van der Waals surface area contributed by atoms with Crippen molar-refractivity contribution in [3.05, 3.63) is 50.9 Å². The minimum absolute atomic E-state index is 0.0480. The largest absolute Gasteiger partial charge is 0.323 e. The first-order valence-corrected chi connectivity index (χ1v) is 6.31. The lowest BCUT2D eigenvalue weighted by molar-refractivity contribution is 0.734. The van der Waals surface area contributed by atoms with Crippen LogP contribution in [0, 0.1) is 0 Å². The minimum Gasteiger partial charge on any atom is -0.323 e. The van der Waals surface area contributed by atoms with Gasteiger partial charge in [0.25, 0.3) is 0 Å². The third-order valence-electron chi connectivity index (χ3n) is 2.16. The van der Waals surface area contributed by atoms with E-state index in [9.17, 15) is 0 Å². The molecule has 0 amide bonds. The van der Waals surface area contributed by atoms with Crippen LogP contribution in [0.25, 0.3) is 0 Å². The van der Waals surface area contributed by atoms with Crippen molar-refractivity contribution in [2.45, 2.75) is 12.5 Å². The van der Waals surface area contributed by atoms with E-state index in [1.54, 1.807) is 11.3 Å². The zero-order chi connectivity index (χ0) is 10.7. The predicted molar refractivity (Wildman–Crippen MR) is 66.9 cm³/mol. The summed E-state index contributed by atoms with van der Waals surface area (Å²) < 4.78 is 1.09. The van der Waals surface area contributed by atoms with Crippen LogP contribution < -0.4 is 5.73 Å². The Kier molecular flexibility index (Phi) is 3.51. The quantitative estimate of drug-likeness (QED) is 0.939. The highest BCUT2D eigenvalue weighted by Crippen LogP contribution is 2.20. The Balaban J connectivity index is 2.09. The van der Waals surface area contributed by atoms with Gasteiger partial charge in [-0.1, -0.05) is 28.1 Å². The molecular formula is C11H11BrN2S. The summed E-state index contributed by atoms with van der Waals surface area (Å²) >= 11 is 5.06. The smallest absolute Gasteiger partial charge is 0.0794 e. The molecule has 0 saturated carbocycles. The van der Waals surface area contributed by atoms with E-state index in [-0.39, 0.29) is 6.04 Å².